The third kappa shape index (κ3) is 5.28. The molecule has 186 valence electrons. The number of nitrogens with one attached hydrogen (secondary N) is 2. The van der Waals surface area contributed by atoms with E-state index in [0.717, 1.165) is 54.6 Å². The maximum atomic E-state index is 9.27. The Morgan fingerprint density at radius 1 is 1.33 bits per heavy atom. The number of nitriles is 1. The predicted molar refractivity (Wildman–Crippen MR) is 146 cm³/mol. The van der Waals surface area contributed by atoms with Crippen molar-refractivity contribution in [3.63, 3.8) is 0 Å². The number of nitrogens with zero attached hydrogens (tertiary/aromatic N) is 5. The van der Waals surface area contributed by atoms with Crippen molar-refractivity contribution in [3.8, 4) is 6.07 Å². The van der Waals surface area contributed by atoms with Crippen LogP contribution in [0.4, 0.5) is 0 Å². The van der Waals surface area contributed by atoms with Crippen LogP contribution in [0.1, 0.15) is 43.7 Å². The maximum Gasteiger partial charge on any atom is 0.152 e. The van der Waals surface area contributed by atoms with Crippen molar-refractivity contribution in [3.05, 3.63) is 89.6 Å². The second kappa shape index (κ2) is 11.6. The van der Waals surface area contributed by atoms with Gasteiger partial charge in [-0.2, -0.15) is 10.4 Å². The number of hydrogen-bond donors (Lipinski definition) is 2. The molecule has 0 radical (unpaired) electrons. The lowest BCUT2D eigenvalue weighted by Gasteiger charge is -2.43. The molecule has 0 fully saturated rings. The highest BCUT2D eigenvalue weighted by Crippen LogP contribution is 2.35. The molecular weight excluding hydrogens is 446 g/mol. The van der Waals surface area contributed by atoms with E-state index in [1.54, 1.807) is 6.20 Å². The lowest BCUT2D eigenvalue weighted by molar-refractivity contribution is 0.252. The summed E-state index contributed by atoms with van der Waals surface area (Å²) in [5.74, 6) is 1.32. The topological polar surface area (TPSA) is 83.3 Å². The summed E-state index contributed by atoms with van der Waals surface area (Å²) >= 11 is 0. The minimum Gasteiger partial charge on any atom is -0.390 e. The highest BCUT2D eigenvalue weighted by Gasteiger charge is 2.35. The molecule has 1 aromatic heterocycles. The zero-order valence-corrected chi connectivity index (χ0v) is 21.2. The summed E-state index contributed by atoms with van der Waals surface area (Å²) in [7, 11) is 0. The average molecular weight is 482 g/mol. The van der Waals surface area contributed by atoms with Gasteiger partial charge in [0.25, 0.3) is 0 Å². The number of aliphatic imine (C=N–C) groups is 1. The van der Waals surface area contributed by atoms with Gasteiger partial charge in [-0.05, 0) is 36.7 Å². The molecule has 2 N–H and O–H groups in total. The zero-order chi connectivity index (χ0) is 25.5. The van der Waals surface area contributed by atoms with Crippen LogP contribution in [0.15, 0.2) is 72.9 Å². The Bertz CT molecular complexity index is 1290. The number of amidine groups is 1. The first-order valence-electron chi connectivity index (χ1n) is 12.6. The fraction of sp³-hybridized carbons (Fsp3) is 0.345. The SMILES string of the molecule is C=CNCCN(CCC)C1=NC=CN(C(C2C=c3cn[nH]c3=CC2)C(C)c2ccc(C#N)cc2)C1=C. The summed E-state index contributed by atoms with van der Waals surface area (Å²) in [6.07, 6.45) is 14.0. The van der Waals surface area contributed by atoms with Crippen LogP contribution >= 0.6 is 0 Å². The standard InChI is InChI=1S/C29H35N7/c1-5-15-35(16-13-31-6-2)29-22(4)36(17-14-32-29)28(21(3)24-9-7-23(19-30)8-10-24)25-11-12-27-26(18-25)20-33-34-27/h6-10,12,14,17-18,20-21,25,28,31,34H,2,4-5,11,13,15-16H2,1,3H3. The molecule has 36 heavy (non-hydrogen) atoms. The molecule has 2 aliphatic rings. The quantitative estimate of drug-likeness (QED) is 0.510. The monoisotopic (exact) mass is 481 g/mol. The van der Waals surface area contributed by atoms with Crippen LogP contribution in [0.3, 0.4) is 0 Å². The number of aromatic nitrogens is 2. The van der Waals surface area contributed by atoms with Crippen molar-refractivity contribution in [1.82, 2.24) is 25.3 Å². The smallest absolute Gasteiger partial charge is 0.152 e. The van der Waals surface area contributed by atoms with E-state index in [9.17, 15) is 5.26 Å². The average Bonchev–Trinajstić information content (AvgIpc) is 3.38. The Morgan fingerprint density at radius 2 is 2.14 bits per heavy atom. The molecule has 3 unspecified atom stereocenters. The summed E-state index contributed by atoms with van der Waals surface area (Å²) in [4.78, 5) is 9.36. The molecule has 4 rings (SSSR count). The molecule has 0 saturated heterocycles. The molecule has 2 heterocycles. The fourth-order valence-electron chi connectivity index (χ4n) is 5.16. The van der Waals surface area contributed by atoms with E-state index in [-0.39, 0.29) is 17.9 Å². The van der Waals surface area contributed by atoms with Crippen LogP contribution in [0.5, 0.6) is 0 Å². The third-order valence-electron chi connectivity index (χ3n) is 6.98. The third-order valence-corrected chi connectivity index (χ3v) is 6.98. The lowest BCUT2D eigenvalue weighted by Crippen LogP contribution is -2.48. The van der Waals surface area contributed by atoms with Crippen LogP contribution in [0, 0.1) is 17.2 Å². The van der Waals surface area contributed by atoms with Gasteiger partial charge in [-0.1, -0.05) is 51.3 Å². The van der Waals surface area contributed by atoms with Crippen molar-refractivity contribution in [2.45, 2.75) is 38.6 Å². The first kappa shape index (κ1) is 25.1. The summed E-state index contributed by atoms with van der Waals surface area (Å²) < 4.78 is 0. The number of hydrogen-bond acceptors (Lipinski definition) is 6. The highest BCUT2D eigenvalue weighted by atomic mass is 15.3. The number of aromatic amines is 1. The van der Waals surface area contributed by atoms with E-state index < -0.39 is 0 Å². The molecule has 1 aromatic carbocycles. The van der Waals surface area contributed by atoms with E-state index in [0.29, 0.717) is 5.56 Å². The number of rotatable bonds is 10. The predicted octanol–water partition coefficient (Wildman–Crippen LogP) is 3.18. The Hall–Kier alpha value is -4.05. The zero-order valence-electron chi connectivity index (χ0n) is 21.2. The molecule has 0 spiro atoms. The number of fused-ring (bicyclic) bond motifs is 1. The Balaban J connectivity index is 1.68. The normalized spacial score (nSPS) is 18.1. The van der Waals surface area contributed by atoms with Crippen LogP contribution in [-0.4, -0.2) is 51.5 Å². The Morgan fingerprint density at radius 3 is 2.86 bits per heavy atom. The van der Waals surface area contributed by atoms with E-state index in [1.165, 1.54) is 5.56 Å². The van der Waals surface area contributed by atoms with Crippen LogP contribution in [0.2, 0.25) is 0 Å². The van der Waals surface area contributed by atoms with Crippen molar-refractivity contribution < 1.29 is 0 Å². The van der Waals surface area contributed by atoms with Gasteiger partial charge in [0.2, 0.25) is 0 Å². The molecule has 0 bridgehead atoms. The lowest BCUT2D eigenvalue weighted by atomic mass is 9.80. The molecule has 2 aromatic rings. The molecule has 3 atom stereocenters. The highest BCUT2D eigenvalue weighted by molar-refractivity contribution is 5.98. The van der Waals surface area contributed by atoms with E-state index in [1.807, 2.05) is 24.5 Å². The molecule has 1 aliphatic carbocycles. The van der Waals surface area contributed by atoms with Gasteiger partial charge in [0, 0.05) is 55.1 Å². The molecular formula is C29H35N7. The first-order chi connectivity index (χ1) is 17.6. The van der Waals surface area contributed by atoms with Crippen molar-refractivity contribution in [1.29, 1.82) is 5.26 Å². The van der Waals surface area contributed by atoms with Crippen molar-refractivity contribution in [2.24, 2.45) is 10.9 Å². The first-order valence-corrected chi connectivity index (χ1v) is 12.6. The molecule has 1 aliphatic heterocycles. The Kier molecular flexibility index (Phi) is 8.06. The Labute approximate surface area is 213 Å². The van der Waals surface area contributed by atoms with Gasteiger partial charge in [-0.25, -0.2) is 4.99 Å². The van der Waals surface area contributed by atoms with Gasteiger partial charge in [0.15, 0.2) is 5.84 Å². The minimum atomic E-state index is 0.0984. The van der Waals surface area contributed by atoms with Gasteiger partial charge in [-0.15, -0.1) is 0 Å². The van der Waals surface area contributed by atoms with Crippen LogP contribution in [0.25, 0.3) is 12.2 Å². The van der Waals surface area contributed by atoms with Crippen LogP contribution in [-0.2, 0) is 0 Å². The summed E-state index contributed by atoms with van der Waals surface area (Å²) in [5.41, 5.74) is 2.76. The molecule has 7 heteroatoms. The van der Waals surface area contributed by atoms with Gasteiger partial charge in [0.05, 0.1) is 28.9 Å². The van der Waals surface area contributed by atoms with E-state index in [4.69, 9.17) is 4.99 Å². The minimum absolute atomic E-state index is 0.0984. The van der Waals surface area contributed by atoms with Gasteiger partial charge < -0.3 is 15.1 Å². The van der Waals surface area contributed by atoms with Gasteiger partial charge in [0.1, 0.15) is 0 Å². The second-order valence-corrected chi connectivity index (χ2v) is 9.27. The van der Waals surface area contributed by atoms with Gasteiger partial charge >= 0.3 is 0 Å². The maximum absolute atomic E-state index is 9.27. The summed E-state index contributed by atoms with van der Waals surface area (Å²) in [5, 5.41) is 22.0. The fourth-order valence-corrected chi connectivity index (χ4v) is 5.16. The molecule has 0 saturated carbocycles. The van der Waals surface area contributed by atoms with Crippen molar-refractivity contribution >= 4 is 18.0 Å². The number of benzene rings is 1. The van der Waals surface area contributed by atoms with Crippen molar-refractivity contribution in [2.75, 3.05) is 19.6 Å². The summed E-state index contributed by atoms with van der Waals surface area (Å²) in [6, 6.07) is 10.3. The largest absolute Gasteiger partial charge is 0.390 e. The summed E-state index contributed by atoms with van der Waals surface area (Å²) in [6.45, 7) is 15.2. The van der Waals surface area contributed by atoms with E-state index in [2.05, 4.69) is 88.9 Å². The number of H-pyrrole nitrogens is 1. The van der Waals surface area contributed by atoms with Crippen LogP contribution < -0.4 is 15.9 Å². The molecule has 0 amide bonds. The van der Waals surface area contributed by atoms with Gasteiger partial charge in [-0.3, -0.25) is 5.10 Å². The van der Waals surface area contributed by atoms with E-state index >= 15 is 0 Å². The second-order valence-electron chi connectivity index (χ2n) is 9.27. The molecule has 7 nitrogen and oxygen atoms in total.